The highest BCUT2D eigenvalue weighted by molar-refractivity contribution is 5.98. The Morgan fingerprint density at radius 1 is 0.923 bits per heavy atom. The molecule has 0 radical (unpaired) electrons. The number of amides is 1. The molecule has 4 nitrogen and oxygen atoms in total. The lowest BCUT2D eigenvalue weighted by atomic mass is 9.96. The van der Waals surface area contributed by atoms with E-state index in [2.05, 4.69) is 19.1 Å². The van der Waals surface area contributed by atoms with Crippen molar-refractivity contribution in [2.45, 2.75) is 46.0 Å². The summed E-state index contributed by atoms with van der Waals surface area (Å²) >= 11 is 0. The summed E-state index contributed by atoms with van der Waals surface area (Å²) in [6.07, 6.45) is 2.63. The number of benzene rings is 2. The molecule has 0 unspecified atom stereocenters. The first-order chi connectivity index (χ1) is 12.6. The number of rotatable bonds is 9. The van der Waals surface area contributed by atoms with E-state index in [4.69, 9.17) is 5.11 Å². The van der Waals surface area contributed by atoms with Gasteiger partial charge in [0.1, 0.15) is 0 Å². The van der Waals surface area contributed by atoms with Crippen LogP contribution >= 0.6 is 0 Å². The van der Waals surface area contributed by atoms with Crippen molar-refractivity contribution in [2.75, 3.05) is 11.4 Å². The van der Waals surface area contributed by atoms with Gasteiger partial charge in [-0.25, -0.2) is 0 Å². The minimum absolute atomic E-state index is 0.0410. The average Bonchev–Trinajstić information content (AvgIpc) is 2.65. The molecule has 2 aromatic carbocycles. The standard InChI is InChI=1S/C22H27NO3/c1-3-10-21(24)23(16-9-15-22(25)26)20-14-8-7-13-19(20)18-12-6-5-11-17(18)4-2/h5-8,11-14H,3-4,9-10,15-16H2,1-2H3,(H,25,26). The predicted octanol–water partition coefficient (Wildman–Crippen LogP) is 4.91. The van der Waals surface area contributed by atoms with Gasteiger partial charge >= 0.3 is 5.97 Å². The van der Waals surface area contributed by atoms with Crippen LogP contribution in [0.3, 0.4) is 0 Å². The highest BCUT2D eigenvalue weighted by Crippen LogP contribution is 2.34. The van der Waals surface area contributed by atoms with Gasteiger partial charge in [0.2, 0.25) is 5.91 Å². The smallest absolute Gasteiger partial charge is 0.303 e. The first-order valence-electron chi connectivity index (χ1n) is 9.27. The zero-order chi connectivity index (χ0) is 18.9. The highest BCUT2D eigenvalue weighted by atomic mass is 16.4. The van der Waals surface area contributed by atoms with Gasteiger partial charge in [-0.1, -0.05) is 56.3 Å². The molecule has 0 heterocycles. The van der Waals surface area contributed by atoms with Crippen LogP contribution in [0.5, 0.6) is 0 Å². The van der Waals surface area contributed by atoms with Gasteiger partial charge in [-0.2, -0.15) is 0 Å². The number of hydrogen-bond acceptors (Lipinski definition) is 2. The SMILES string of the molecule is CCCC(=O)N(CCCC(=O)O)c1ccccc1-c1ccccc1CC. The van der Waals surface area contributed by atoms with E-state index >= 15 is 0 Å². The second-order valence-corrected chi connectivity index (χ2v) is 6.32. The van der Waals surface area contributed by atoms with Crippen LogP contribution < -0.4 is 4.90 Å². The highest BCUT2D eigenvalue weighted by Gasteiger charge is 2.19. The van der Waals surface area contributed by atoms with Crippen LogP contribution in [-0.4, -0.2) is 23.5 Å². The molecule has 0 saturated heterocycles. The molecule has 0 fully saturated rings. The van der Waals surface area contributed by atoms with Crippen molar-refractivity contribution in [3.8, 4) is 11.1 Å². The van der Waals surface area contributed by atoms with Crippen molar-refractivity contribution in [1.29, 1.82) is 0 Å². The Morgan fingerprint density at radius 3 is 2.23 bits per heavy atom. The van der Waals surface area contributed by atoms with Gasteiger partial charge in [-0.05, 0) is 36.5 Å². The van der Waals surface area contributed by atoms with Crippen molar-refractivity contribution < 1.29 is 14.7 Å². The first kappa shape index (κ1) is 19.7. The molecule has 0 aromatic heterocycles. The summed E-state index contributed by atoms with van der Waals surface area (Å²) in [6, 6.07) is 16.1. The summed E-state index contributed by atoms with van der Waals surface area (Å²) in [4.78, 5) is 25.4. The molecular weight excluding hydrogens is 326 g/mol. The first-order valence-corrected chi connectivity index (χ1v) is 9.27. The monoisotopic (exact) mass is 353 g/mol. The van der Waals surface area contributed by atoms with E-state index in [9.17, 15) is 9.59 Å². The van der Waals surface area contributed by atoms with Crippen molar-refractivity contribution in [1.82, 2.24) is 0 Å². The number of carboxylic acids is 1. The van der Waals surface area contributed by atoms with Gasteiger partial charge in [0.15, 0.2) is 0 Å². The molecule has 4 heteroatoms. The maximum atomic E-state index is 12.7. The van der Waals surface area contributed by atoms with Gasteiger partial charge in [0, 0.05) is 24.9 Å². The van der Waals surface area contributed by atoms with Crippen molar-refractivity contribution in [3.63, 3.8) is 0 Å². The zero-order valence-corrected chi connectivity index (χ0v) is 15.6. The summed E-state index contributed by atoms with van der Waals surface area (Å²) in [7, 11) is 0. The summed E-state index contributed by atoms with van der Waals surface area (Å²) in [6.45, 7) is 4.51. The van der Waals surface area contributed by atoms with Crippen LogP contribution in [-0.2, 0) is 16.0 Å². The van der Waals surface area contributed by atoms with Gasteiger partial charge in [-0.3, -0.25) is 9.59 Å². The molecule has 0 atom stereocenters. The summed E-state index contributed by atoms with van der Waals surface area (Å²) in [5.41, 5.74) is 4.23. The minimum Gasteiger partial charge on any atom is -0.481 e. The lowest BCUT2D eigenvalue weighted by Crippen LogP contribution is -2.32. The van der Waals surface area contributed by atoms with Crippen LogP contribution in [0.4, 0.5) is 5.69 Å². The largest absolute Gasteiger partial charge is 0.481 e. The Bertz CT molecular complexity index is 755. The third-order valence-corrected chi connectivity index (χ3v) is 4.42. The normalized spacial score (nSPS) is 10.5. The Hall–Kier alpha value is -2.62. The van der Waals surface area contributed by atoms with Crippen LogP contribution in [0, 0.1) is 0 Å². The third kappa shape index (κ3) is 4.94. The third-order valence-electron chi connectivity index (χ3n) is 4.42. The number of anilines is 1. The van der Waals surface area contributed by atoms with E-state index in [0.717, 1.165) is 29.7 Å². The number of hydrogen-bond donors (Lipinski definition) is 1. The number of para-hydroxylation sites is 1. The van der Waals surface area contributed by atoms with E-state index in [0.29, 0.717) is 19.4 Å². The minimum atomic E-state index is -0.836. The van der Waals surface area contributed by atoms with Crippen LogP contribution in [0.15, 0.2) is 48.5 Å². The fraction of sp³-hybridized carbons (Fsp3) is 0.364. The number of aryl methyl sites for hydroxylation is 1. The van der Waals surface area contributed by atoms with Crippen LogP contribution in [0.2, 0.25) is 0 Å². The van der Waals surface area contributed by atoms with Crippen molar-refractivity contribution in [3.05, 3.63) is 54.1 Å². The second-order valence-electron chi connectivity index (χ2n) is 6.32. The molecular formula is C22H27NO3. The maximum Gasteiger partial charge on any atom is 0.303 e. The number of carboxylic acid groups (broad SMARTS) is 1. The Labute approximate surface area is 155 Å². The van der Waals surface area contributed by atoms with E-state index in [1.165, 1.54) is 5.56 Å². The molecule has 0 saturated carbocycles. The summed E-state index contributed by atoms with van der Waals surface area (Å²) in [5, 5.41) is 8.94. The van der Waals surface area contributed by atoms with Gasteiger partial charge in [-0.15, -0.1) is 0 Å². The van der Waals surface area contributed by atoms with Gasteiger partial charge in [0.25, 0.3) is 0 Å². The average molecular weight is 353 g/mol. The summed E-state index contributed by atoms with van der Waals surface area (Å²) in [5.74, 6) is -0.795. The number of carbonyl (C=O) groups excluding carboxylic acids is 1. The lowest BCUT2D eigenvalue weighted by molar-refractivity contribution is -0.137. The molecule has 0 aliphatic carbocycles. The van der Waals surface area contributed by atoms with E-state index in [-0.39, 0.29) is 12.3 Å². The topological polar surface area (TPSA) is 57.6 Å². The molecule has 2 rings (SSSR count). The molecule has 0 aliphatic rings. The molecule has 0 spiro atoms. The molecule has 0 aliphatic heterocycles. The quantitative estimate of drug-likeness (QED) is 0.696. The Kier molecular flexibility index (Phi) is 7.39. The van der Waals surface area contributed by atoms with Gasteiger partial charge < -0.3 is 10.0 Å². The summed E-state index contributed by atoms with van der Waals surface area (Å²) < 4.78 is 0. The van der Waals surface area contributed by atoms with Crippen molar-refractivity contribution >= 4 is 17.6 Å². The molecule has 0 bridgehead atoms. The number of carbonyl (C=O) groups is 2. The molecule has 138 valence electrons. The second kappa shape index (κ2) is 9.76. The zero-order valence-electron chi connectivity index (χ0n) is 15.6. The van der Waals surface area contributed by atoms with Crippen molar-refractivity contribution in [2.24, 2.45) is 0 Å². The predicted molar refractivity (Wildman–Crippen MR) is 105 cm³/mol. The molecule has 1 amide bonds. The molecule has 1 N–H and O–H groups in total. The van der Waals surface area contributed by atoms with Gasteiger partial charge in [0.05, 0.1) is 5.69 Å². The number of nitrogens with zero attached hydrogens (tertiary/aromatic N) is 1. The van der Waals surface area contributed by atoms with E-state index in [1.807, 2.05) is 43.3 Å². The van der Waals surface area contributed by atoms with E-state index < -0.39 is 5.97 Å². The maximum absolute atomic E-state index is 12.7. The molecule has 2 aromatic rings. The Balaban J connectivity index is 2.44. The fourth-order valence-electron chi connectivity index (χ4n) is 3.14. The van der Waals surface area contributed by atoms with E-state index in [1.54, 1.807) is 4.90 Å². The lowest BCUT2D eigenvalue weighted by Gasteiger charge is -2.26. The fourth-order valence-corrected chi connectivity index (χ4v) is 3.14. The molecule has 26 heavy (non-hydrogen) atoms. The van der Waals surface area contributed by atoms with Crippen LogP contribution in [0.1, 0.15) is 45.1 Å². The van der Waals surface area contributed by atoms with Crippen LogP contribution in [0.25, 0.3) is 11.1 Å². The Morgan fingerprint density at radius 2 is 1.58 bits per heavy atom. The number of aliphatic carboxylic acids is 1.